The Morgan fingerprint density at radius 2 is 2.13 bits per heavy atom. The van der Waals surface area contributed by atoms with Crippen LogP contribution in [0.4, 0.5) is 5.95 Å². The van der Waals surface area contributed by atoms with Crippen LogP contribution in [0.15, 0.2) is 36.9 Å². The Balaban J connectivity index is 1.42. The van der Waals surface area contributed by atoms with Crippen LogP contribution in [0.1, 0.15) is 36.0 Å². The molecular weight excluding hydrogens is 382 g/mol. The number of rotatable bonds is 5. The number of hydrogen-bond donors (Lipinski definition) is 3. The Morgan fingerprint density at radius 3 is 2.90 bits per heavy atom. The van der Waals surface area contributed by atoms with E-state index in [1.807, 2.05) is 30.7 Å². The van der Waals surface area contributed by atoms with Crippen LogP contribution in [0, 0.1) is 0 Å². The SMILES string of the molecule is COC1CCC(Nc2ncc3c(-c4ccn5ncc(C(N)=O)c5c4)c[nH]c3n2)CC1. The highest BCUT2D eigenvalue weighted by atomic mass is 16.5. The van der Waals surface area contributed by atoms with Gasteiger partial charge in [0.25, 0.3) is 5.91 Å². The number of amides is 1. The number of carbonyl (C=O) groups excluding carboxylic acids is 1. The lowest BCUT2D eigenvalue weighted by molar-refractivity contribution is 0.0681. The molecule has 1 fully saturated rings. The van der Waals surface area contributed by atoms with Crippen molar-refractivity contribution in [2.24, 2.45) is 5.73 Å². The summed E-state index contributed by atoms with van der Waals surface area (Å²) in [4.78, 5) is 24.1. The number of pyridine rings is 1. The van der Waals surface area contributed by atoms with Gasteiger partial charge in [-0.05, 0) is 43.4 Å². The van der Waals surface area contributed by atoms with E-state index in [1.165, 1.54) is 6.20 Å². The first-order chi connectivity index (χ1) is 14.6. The Kier molecular flexibility index (Phi) is 4.59. The second-order valence-electron chi connectivity index (χ2n) is 7.68. The van der Waals surface area contributed by atoms with E-state index in [0.29, 0.717) is 29.2 Å². The Labute approximate surface area is 172 Å². The number of primary amides is 1. The highest BCUT2D eigenvalue weighted by molar-refractivity contribution is 6.01. The molecule has 1 amide bonds. The van der Waals surface area contributed by atoms with E-state index in [0.717, 1.165) is 47.8 Å². The van der Waals surface area contributed by atoms with Crippen molar-refractivity contribution in [3.05, 3.63) is 42.5 Å². The summed E-state index contributed by atoms with van der Waals surface area (Å²) >= 11 is 0. The van der Waals surface area contributed by atoms with E-state index < -0.39 is 5.91 Å². The Hall–Kier alpha value is -3.46. The van der Waals surface area contributed by atoms with Crippen molar-refractivity contribution >= 4 is 28.4 Å². The molecular formula is C21H23N7O2. The van der Waals surface area contributed by atoms with Crippen molar-refractivity contribution < 1.29 is 9.53 Å². The minimum Gasteiger partial charge on any atom is -0.381 e. The fraction of sp³-hybridized carbons (Fsp3) is 0.333. The molecule has 0 atom stereocenters. The van der Waals surface area contributed by atoms with E-state index >= 15 is 0 Å². The summed E-state index contributed by atoms with van der Waals surface area (Å²) in [6, 6.07) is 4.20. The van der Waals surface area contributed by atoms with E-state index in [1.54, 1.807) is 11.6 Å². The zero-order valence-corrected chi connectivity index (χ0v) is 16.6. The van der Waals surface area contributed by atoms with Gasteiger partial charge in [-0.2, -0.15) is 10.1 Å². The van der Waals surface area contributed by atoms with Crippen molar-refractivity contribution in [2.75, 3.05) is 12.4 Å². The number of nitrogens with zero attached hydrogens (tertiary/aromatic N) is 4. The average Bonchev–Trinajstić information content (AvgIpc) is 3.37. The smallest absolute Gasteiger partial charge is 0.252 e. The summed E-state index contributed by atoms with van der Waals surface area (Å²) in [7, 11) is 1.78. The standard InChI is InChI=1S/C21H23N7O2/c1-30-14-4-2-13(3-5-14)26-21-24-10-16-15(9-23-20(16)27-21)12-6-7-28-18(8-12)17(11-25-28)19(22)29/h6-11,13-14H,2-5H2,1H3,(H2,22,29)(H2,23,24,26,27). The van der Waals surface area contributed by atoms with Gasteiger partial charge in [0.1, 0.15) is 5.65 Å². The molecule has 9 nitrogen and oxygen atoms in total. The van der Waals surface area contributed by atoms with Gasteiger partial charge in [-0.25, -0.2) is 9.50 Å². The first-order valence-electron chi connectivity index (χ1n) is 10.0. The zero-order chi connectivity index (χ0) is 20.7. The Morgan fingerprint density at radius 1 is 1.30 bits per heavy atom. The summed E-state index contributed by atoms with van der Waals surface area (Å²) < 4.78 is 7.07. The third kappa shape index (κ3) is 3.26. The molecule has 4 N–H and O–H groups in total. The van der Waals surface area contributed by atoms with E-state index in [9.17, 15) is 4.79 Å². The lowest BCUT2D eigenvalue weighted by atomic mass is 9.93. The highest BCUT2D eigenvalue weighted by Gasteiger charge is 2.21. The number of fused-ring (bicyclic) bond motifs is 2. The van der Waals surface area contributed by atoms with Crippen LogP contribution in [-0.4, -0.2) is 49.7 Å². The maximum absolute atomic E-state index is 11.7. The van der Waals surface area contributed by atoms with Gasteiger partial charge in [-0.1, -0.05) is 0 Å². The molecule has 154 valence electrons. The van der Waals surface area contributed by atoms with Crippen molar-refractivity contribution in [1.82, 2.24) is 24.6 Å². The molecule has 5 rings (SSSR count). The van der Waals surface area contributed by atoms with Crippen LogP contribution in [0.5, 0.6) is 0 Å². The lowest BCUT2D eigenvalue weighted by Crippen LogP contribution is -2.29. The molecule has 30 heavy (non-hydrogen) atoms. The number of anilines is 1. The quantitative estimate of drug-likeness (QED) is 0.469. The van der Waals surface area contributed by atoms with E-state index in [-0.39, 0.29) is 0 Å². The summed E-state index contributed by atoms with van der Waals surface area (Å²) in [5, 5.41) is 8.53. The molecule has 4 heterocycles. The predicted octanol–water partition coefficient (Wildman–Crippen LogP) is 2.74. The van der Waals surface area contributed by atoms with Gasteiger partial charge in [-0.3, -0.25) is 4.79 Å². The number of H-pyrrole nitrogens is 1. The molecule has 4 aromatic heterocycles. The second kappa shape index (κ2) is 7.42. The normalized spacial score (nSPS) is 19.4. The van der Waals surface area contributed by atoms with Crippen LogP contribution >= 0.6 is 0 Å². The molecule has 0 spiro atoms. The predicted molar refractivity (Wildman–Crippen MR) is 113 cm³/mol. The monoisotopic (exact) mass is 405 g/mol. The van der Waals surface area contributed by atoms with E-state index in [2.05, 4.69) is 25.4 Å². The number of nitrogens with two attached hydrogens (primary N) is 1. The minimum absolute atomic E-state index is 0.361. The third-order valence-corrected chi connectivity index (χ3v) is 5.87. The number of aromatic nitrogens is 5. The van der Waals surface area contributed by atoms with Gasteiger partial charge in [0, 0.05) is 42.7 Å². The zero-order valence-electron chi connectivity index (χ0n) is 16.6. The second-order valence-corrected chi connectivity index (χ2v) is 7.68. The maximum Gasteiger partial charge on any atom is 0.252 e. The topological polar surface area (TPSA) is 123 Å². The summed E-state index contributed by atoms with van der Waals surface area (Å²) in [6.07, 6.45) is 11.6. The van der Waals surface area contributed by atoms with Gasteiger partial charge in [-0.15, -0.1) is 0 Å². The van der Waals surface area contributed by atoms with Crippen molar-refractivity contribution in [3.63, 3.8) is 0 Å². The van der Waals surface area contributed by atoms with Gasteiger partial charge in [0.05, 0.1) is 23.4 Å². The largest absolute Gasteiger partial charge is 0.381 e. The number of ether oxygens (including phenoxy) is 1. The minimum atomic E-state index is -0.500. The Bertz CT molecular complexity index is 1220. The van der Waals surface area contributed by atoms with Crippen LogP contribution < -0.4 is 11.1 Å². The number of methoxy groups -OCH3 is 1. The van der Waals surface area contributed by atoms with Crippen LogP contribution in [-0.2, 0) is 4.74 Å². The molecule has 1 aliphatic rings. The molecule has 0 aromatic carbocycles. The summed E-state index contributed by atoms with van der Waals surface area (Å²) in [5.41, 5.74) is 9.16. The first-order valence-corrected chi connectivity index (χ1v) is 10.0. The molecule has 0 bridgehead atoms. The van der Waals surface area contributed by atoms with Crippen molar-refractivity contribution in [1.29, 1.82) is 0 Å². The van der Waals surface area contributed by atoms with Crippen LogP contribution in [0.25, 0.3) is 27.7 Å². The summed E-state index contributed by atoms with van der Waals surface area (Å²) in [5.74, 6) is 0.124. The molecule has 0 radical (unpaired) electrons. The fourth-order valence-corrected chi connectivity index (χ4v) is 4.18. The lowest BCUT2D eigenvalue weighted by Gasteiger charge is -2.28. The number of carbonyl (C=O) groups is 1. The molecule has 0 saturated heterocycles. The summed E-state index contributed by atoms with van der Waals surface area (Å²) in [6.45, 7) is 0. The van der Waals surface area contributed by atoms with Crippen LogP contribution in [0.3, 0.4) is 0 Å². The fourth-order valence-electron chi connectivity index (χ4n) is 4.18. The molecule has 0 aliphatic heterocycles. The molecule has 0 unspecified atom stereocenters. The van der Waals surface area contributed by atoms with Crippen molar-refractivity contribution in [2.45, 2.75) is 37.8 Å². The van der Waals surface area contributed by atoms with Gasteiger partial charge in [0.15, 0.2) is 0 Å². The first kappa shape index (κ1) is 18.6. The van der Waals surface area contributed by atoms with Crippen molar-refractivity contribution in [3.8, 4) is 11.1 Å². The van der Waals surface area contributed by atoms with Gasteiger partial charge >= 0.3 is 0 Å². The molecule has 1 saturated carbocycles. The maximum atomic E-state index is 11.7. The molecule has 1 aliphatic carbocycles. The van der Waals surface area contributed by atoms with Gasteiger partial charge in [0.2, 0.25) is 5.95 Å². The van der Waals surface area contributed by atoms with Crippen LogP contribution in [0.2, 0.25) is 0 Å². The third-order valence-electron chi connectivity index (χ3n) is 5.87. The molecule has 9 heteroatoms. The number of hydrogen-bond acceptors (Lipinski definition) is 6. The van der Waals surface area contributed by atoms with Gasteiger partial charge < -0.3 is 20.8 Å². The van der Waals surface area contributed by atoms with E-state index in [4.69, 9.17) is 10.5 Å². The highest BCUT2D eigenvalue weighted by Crippen LogP contribution is 2.30. The molecule has 4 aromatic rings. The average molecular weight is 405 g/mol. The number of nitrogens with one attached hydrogen (secondary N) is 2. The number of aromatic amines is 1.